The molecule has 0 aliphatic rings. The van der Waals surface area contributed by atoms with Crippen molar-refractivity contribution in [3.05, 3.63) is 64.9 Å². The lowest BCUT2D eigenvalue weighted by molar-refractivity contribution is 0.0690. The van der Waals surface area contributed by atoms with Gasteiger partial charge in [-0.15, -0.1) is 5.10 Å². The van der Waals surface area contributed by atoms with Crippen molar-refractivity contribution in [2.24, 2.45) is 0 Å². The largest absolute Gasteiger partial charge is 0.476 e. The number of thiol groups is 1. The number of hydrogen-bond donors (Lipinski definition) is 2. The van der Waals surface area contributed by atoms with Gasteiger partial charge >= 0.3 is 5.97 Å². The van der Waals surface area contributed by atoms with Crippen LogP contribution in [-0.4, -0.2) is 34.5 Å². The van der Waals surface area contributed by atoms with E-state index in [4.69, 9.17) is 16.7 Å². The van der Waals surface area contributed by atoms with E-state index in [0.29, 0.717) is 10.7 Å². The smallest absolute Gasteiger partial charge is 0.358 e. The van der Waals surface area contributed by atoms with E-state index < -0.39 is 16.9 Å². The van der Waals surface area contributed by atoms with Crippen LogP contribution in [-0.2, 0) is 16.3 Å². The van der Waals surface area contributed by atoms with Crippen LogP contribution in [0, 0.1) is 0 Å². The third-order valence-electron chi connectivity index (χ3n) is 4.27. The SMILES string of the molecule is CC(C)(C)c1ccc(N(c2ccc(Cl)cc2-n2cc(C(=O)O)nn2)[SH](=O)=O)cc1. The molecule has 1 heterocycles. The Kier molecular flexibility index (Phi) is 5.63. The molecular weight excluding hydrogens is 416 g/mol. The van der Waals surface area contributed by atoms with Crippen LogP contribution in [0.4, 0.5) is 11.4 Å². The Hall–Kier alpha value is -2.91. The van der Waals surface area contributed by atoms with Crippen molar-refractivity contribution >= 4 is 39.8 Å². The van der Waals surface area contributed by atoms with Crippen molar-refractivity contribution in [2.75, 3.05) is 4.31 Å². The summed E-state index contributed by atoms with van der Waals surface area (Å²) in [7, 11) is -3.06. The van der Waals surface area contributed by atoms with E-state index in [2.05, 4.69) is 31.1 Å². The summed E-state index contributed by atoms with van der Waals surface area (Å²) in [6.45, 7) is 6.20. The zero-order chi connectivity index (χ0) is 21.3. The number of aromatic nitrogens is 3. The van der Waals surface area contributed by atoms with Crippen molar-refractivity contribution in [3.63, 3.8) is 0 Å². The molecule has 1 aromatic heterocycles. The first-order chi connectivity index (χ1) is 13.6. The van der Waals surface area contributed by atoms with Crippen molar-refractivity contribution in [2.45, 2.75) is 26.2 Å². The Labute approximate surface area is 174 Å². The van der Waals surface area contributed by atoms with Crippen LogP contribution >= 0.6 is 11.6 Å². The number of benzene rings is 2. The van der Waals surface area contributed by atoms with Crippen LogP contribution in [0.15, 0.2) is 48.7 Å². The van der Waals surface area contributed by atoms with E-state index in [1.54, 1.807) is 18.2 Å². The number of carboxylic acid groups (broad SMARTS) is 1. The van der Waals surface area contributed by atoms with Crippen molar-refractivity contribution in [1.29, 1.82) is 0 Å². The third-order valence-corrected chi connectivity index (χ3v) is 5.27. The average molecular weight is 435 g/mol. The number of anilines is 2. The summed E-state index contributed by atoms with van der Waals surface area (Å²) in [5, 5.41) is 16.8. The zero-order valence-electron chi connectivity index (χ0n) is 15.9. The lowest BCUT2D eigenvalue weighted by atomic mass is 9.87. The molecule has 0 amide bonds. The minimum absolute atomic E-state index is 0.0809. The maximum absolute atomic E-state index is 12.2. The highest BCUT2D eigenvalue weighted by Gasteiger charge is 2.21. The van der Waals surface area contributed by atoms with E-state index in [-0.39, 0.29) is 22.5 Å². The van der Waals surface area contributed by atoms with Crippen LogP contribution in [0.25, 0.3) is 5.69 Å². The topological polar surface area (TPSA) is 105 Å². The Morgan fingerprint density at radius 3 is 2.31 bits per heavy atom. The number of hydrogen-bond acceptors (Lipinski definition) is 5. The molecule has 0 aliphatic heterocycles. The van der Waals surface area contributed by atoms with Crippen LogP contribution in [0.5, 0.6) is 0 Å². The molecule has 3 aromatic rings. The first-order valence-corrected chi connectivity index (χ1v) is 10.1. The van der Waals surface area contributed by atoms with Crippen molar-refractivity contribution in [3.8, 4) is 5.69 Å². The predicted octanol–water partition coefficient (Wildman–Crippen LogP) is 3.58. The quantitative estimate of drug-likeness (QED) is 0.594. The number of nitrogens with zero attached hydrogens (tertiary/aromatic N) is 4. The monoisotopic (exact) mass is 434 g/mol. The highest BCUT2D eigenvalue weighted by molar-refractivity contribution is 7.74. The minimum atomic E-state index is -3.06. The lowest BCUT2D eigenvalue weighted by Crippen LogP contribution is -2.18. The fraction of sp³-hybridized carbons (Fsp3) is 0.211. The summed E-state index contributed by atoms with van der Waals surface area (Å²) in [5.74, 6) is -1.25. The van der Waals surface area contributed by atoms with E-state index in [1.165, 1.54) is 23.0 Å². The van der Waals surface area contributed by atoms with Gasteiger partial charge in [0.2, 0.25) is 10.9 Å². The second kappa shape index (κ2) is 7.84. The molecule has 0 unspecified atom stereocenters. The number of halogens is 1. The molecular formula is C19H19ClN4O4S. The number of carboxylic acids is 1. The summed E-state index contributed by atoms with van der Waals surface area (Å²) >= 11 is 6.09. The molecule has 0 fully saturated rings. The maximum atomic E-state index is 12.2. The normalized spacial score (nSPS) is 11.6. The highest BCUT2D eigenvalue weighted by Crippen LogP contribution is 2.34. The van der Waals surface area contributed by atoms with Gasteiger partial charge in [-0.05, 0) is 41.3 Å². The van der Waals surface area contributed by atoms with Gasteiger partial charge in [0.1, 0.15) is 0 Å². The van der Waals surface area contributed by atoms with Crippen LogP contribution in [0.2, 0.25) is 5.02 Å². The van der Waals surface area contributed by atoms with Gasteiger partial charge in [-0.1, -0.05) is 49.7 Å². The fourth-order valence-electron chi connectivity index (χ4n) is 2.76. The fourth-order valence-corrected chi connectivity index (χ4v) is 3.60. The van der Waals surface area contributed by atoms with Gasteiger partial charge in [0.25, 0.3) is 0 Å². The molecule has 3 rings (SSSR count). The Balaban J connectivity index is 2.14. The summed E-state index contributed by atoms with van der Waals surface area (Å²) in [4.78, 5) is 11.1. The second-order valence-electron chi connectivity index (χ2n) is 7.33. The molecule has 0 aliphatic carbocycles. The second-order valence-corrected chi connectivity index (χ2v) is 8.65. The standard InChI is InChI=1S/C19H19ClN4O4S/c1-19(2,3)12-4-7-14(8-5-12)24(29(27)28)16-9-6-13(20)10-17(16)23-11-15(18(25)26)21-22-23/h4-11,29H,1-3H3,(H,25,26). The van der Waals surface area contributed by atoms with E-state index in [0.717, 1.165) is 9.87 Å². The molecule has 8 nitrogen and oxygen atoms in total. The van der Waals surface area contributed by atoms with E-state index in [1.807, 2.05) is 12.1 Å². The van der Waals surface area contributed by atoms with Crippen LogP contribution < -0.4 is 4.31 Å². The van der Waals surface area contributed by atoms with Gasteiger partial charge in [-0.2, -0.15) is 0 Å². The maximum Gasteiger partial charge on any atom is 0.358 e. The molecule has 2 aromatic carbocycles. The van der Waals surface area contributed by atoms with Gasteiger partial charge < -0.3 is 5.11 Å². The number of rotatable bonds is 5. The Morgan fingerprint density at radius 2 is 1.79 bits per heavy atom. The molecule has 0 bridgehead atoms. The summed E-state index contributed by atoms with van der Waals surface area (Å²) in [6.07, 6.45) is 1.19. The zero-order valence-corrected chi connectivity index (χ0v) is 17.6. The molecule has 0 saturated heterocycles. The Bertz CT molecular complexity index is 1130. The number of aromatic carboxylic acids is 1. The molecule has 0 spiro atoms. The first-order valence-electron chi connectivity index (χ1n) is 8.58. The average Bonchev–Trinajstić information content (AvgIpc) is 3.13. The Morgan fingerprint density at radius 1 is 1.14 bits per heavy atom. The lowest BCUT2D eigenvalue weighted by Gasteiger charge is -2.23. The molecule has 0 saturated carbocycles. The van der Waals surface area contributed by atoms with Crippen LogP contribution in [0.1, 0.15) is 36.8 Å². The molecule has 10 heteroatoms. The number of carbonyl (C=O) groups is 1. The van der Waals surface area contributed by atoms with E-state index in [9.17, 15) is 13.2 Å². The van der Waals surface area contributed by atoms with Crippen LogP contribution in [0.3, 0.4) is 0 Å². The van der Waals surface area contributed by atoms with Gasteiger partial charge in [-0.3, -0.25) is 0 Å². The summed E-state index contributed by atoms with van der Waals surface area (Å²) in [5.41, 5.74) is 1.66. The summed E-state index contributed by atoms with van der Waals surface area (Å²) < 4.78 is 26.6. The van der Waals surface area contributed by atoms with Gasteiger partial charge in [0, 0.05) is 5.02 Å². The predicted molar refractivity (Wildman–Crippen MR) is 111 cm³/mol. The molecule has 0 radical (unpaired) electrons. The summed E-state index contributed by atoms with van der Waals surface area (Å²) in [6, 6.07) is 11.7. The highest BCUT2D eigenvalue weighted by atomic mass is 35.5. The molecule has 0 atom stereocenters. The van der Waals surface area contributed by atoms with Gasteiger partial charge in [0.05, 0.1) is 23.3 Å². The van der Waals surface area contributed by atoms with Crippen molar-refractivity contribution in [1.82, 2.24) is 15.0 Å². The van der Waals surface area contributed by atoms with Gasteiger partial charge in [0.15, 0.2) is 5.69 Å². The van der Waals surface area contributed by atoms with Gasteiger partial charge in [-0.25, -0.2) is 22.2 Å². The first kappa shape index (κ1) is 20.8. The minimum Gasteiger partial charge on any atom is -0.476 e. The molecule has 1 N–H and O–H groups in total. The molecule has 29 heavy (non-hydrogen) atoms. The third kappa shape index (κ3) is 4.41. The molecule has 152 valence electrons. The van der Waals surface area contributed by atoms with E-state index >= 15 is 0 Å². The van der Waals surface area contributed by atoms with Crippen molar-refractivity contribution < 1.29 is 18.3 Å².